The van der Waals surface area contributed by atoms with E-state index in [-0.39, 0.29) is 23.9 Å². The van der Waals surface area contributed by atoms with Crippen LogP contribution in [-0.2, 0) is 4.79 Å². The summed E-state index contributed by atoms with van der Waals surface area (Å²) in [6.45, 7) is 0.625. The molecule has 0 amide bonds. The molecule has 2 rings (SSSR count). The molecule has 0 aliphatic carbocycles. The summed E-state index contributed by atoms with van der Waals surface area (Å²) in [4.78, 5) is 22.1. The largest absolute Gasteiger partial charge is 0.480 e. The van der Waals surface area contributed by atoms with Crippen LogP contribution in [0.2, 0.25) is 0 Å². The van der Waals surface area contributed by atoms with Crippen molar-refractivity contribution >= 4 is 40.3 Å². The number of aromatic carboxylic acids is 1. The predicted octanol–water partition coefficient (Wildman–Crippen LogP) is 2.10. The minimum Gasteiger partial charge on any atom is -0.480 e. The second-order valence-electron chi connectivity index (χ2n) is 4.21. The topological polar surface area (TPSA) is 86.6 Å². The summed E-state index contributed by atoms with van der Waals surface area (Å²) >= 11 is 3.17. The van der Waals surface area contributed by atoms with Crippen molar-refractivity contribution < 1.29 is 19.8 Å². The number of benzene rings is 1. The fourth-order valence-corrected chi connectivity index (χ4v) is 2.68. The van der Waals surface area contributed by atoms with E-state index in [1.54, 1.807) is 18.2 Å². The molecular formula is C12H13BrClNO4. The van der Waals surface area contributed by atoms with Crippen molar-refractivity contribution in [1.29, 1.82) is 0 Å². The number of carboxylic acids is 2. The molecule has 0 saturated carbocycles. The number of nitrogens with one attached hydrogen (secondary N) is 1. The molecule has 1 aliphatic rings. The number of aliphatic carboxylic acids is 1. The van der Waals surface area contributed by atoms with E-state index in [9.17, 15) is 9.59 Å². The lowest BCUT2D eigenvalue weighted by molar-refractivity contribution is -0.139. The van der Waals surface area contributed by atoms with Gasteiger partial charge in [-0.15, -0.1) is 12.4 Å². The monoisotopic (exact) mass is 349 g/mol. The molecule has 1 aromatic rings. The number of carbonyl (C=O) groups is 2. The molecule has 1 aromatic carbocycles. The molecule has 104 valence electrons. The Morgan fingerprint density at radius 3 is 2.58 bits per heavy atom. The molecule has 1 saturated heterocycles. The maximum absolute atomic E-state index is 11.1. The molecule has 3 N–H and O–H groups in total. The van der Waals surface area contributed by atoms with Crippen LogP contribution in [0.15, 0.2) is 22.7 Å². The molecule has 0 bridgehead atoms. The molecule has 7 heteroatoms. The minimum atomic E-state index is -1.03. The lowest BCUT2D eigenvalue weighted by atomic mass is 9.91. The SMILES string of the molecule is Cl.O=C(O)c1cc([C@H]2CCN[C@@H]2C(=O)O)ccc1Br. The van der Waals surface area contributed by atoms with Gasteiger partial charge in [-0.3, -0.25) is 4.79 Å². The first-order valence-electron chi connectivity index (χ1n) is 5.49. The first-order chi connectivity index (χ1) is 8.50. The summed E-state index contributed by atoms with van der Waals surface area (Å²) in [6, 6.07) is 4.31. The van der Waals surface area contributed by atoms with E-state index in [2.05, 4.69) is 21.2 Å². The van der Waals surface area contributed by atoms with Crippen molar-refractivity contribution in [2.24, 2.45) is 0 Å². The van der Waals surface area contributed by atoms with Crippen molar-refractivity contribution in [2.75, 3.05) is 6.54 Å². The Kier molecular flexibility index (Phi) is 5.34. The van der Waals surface area contributed by atoms with Crippen LogP contribution in [0.3, 0.4) is 0 Å². The summed E-state index contributed by atoms with van der Waals surface area (Å²) in [5.41, 5.74) is 0.900. The number of hydrogen-bond donors (Lipinski definition) is 3. The van der Waals surface area contributed by atoms with Crippen LogP contribution in [0.5, 0.6) is 0 Å². The Labute approximate surface area is 124 Å². The Morgan fingerprint density at radius 1 is 1.32 bits per heavy atom. The molecule has 0 aromatic heterocycles. The molecule has 0 unspecified atom stereocenters. The fraction of sp³-hybridized carbons (Fsp3) is 0.333. The third-order valence-electron chi connectivity index (χ3n) is 3.14. The van der Waals surface area contributed by atoms with E-state index in [1.165, 1.54) is 0 Å². The molecular weight excluding hydrogens is 337 g/mol. The average Bonchev–Trinajstić information content (AvgIpc) is 2.78. The summed E-state index contributed by atoms with van der Waals surface area (Å²) in [6.07, 6.45) is 0.692. The number of halogens is 2. The van der Waals surface area contributed by atoms with Gasteiger partial charge in [-0.05, 0) is 46.6 Å². The molecule has 5 nitrogen and oxygen atoms in total. The first-order valence-corrected chi connectivity index (χ1v) is 6.29. The third kappa shape index (κ3) is 3.26. The zero-order chi connectivity index (χ0) is 13.3. The maximum Gasteiger partial charge on any atom is 0.336 e. The summed E-state index contributed by atoms with van der Waals surface area (Å²) < 4.78 is 0.497. The van der Waals surface area contributed by atoms with Gasteiger partial charge in [0.05, 0.1) is 5.56 Å². The maximum atomic E-state index is 11.1. The number of hydrogen-bond acceptors (Lipinski definition) is 3. The first kappa shape index (κ1) is 15.9. The van der Waals surface area contributed by atoms with E-state index in [0.29, 0.717) is 17.4 Å². The van der Waals surface area contributed by atoms with Crippen molar-refractivity contribution in [3.8, 4) is 0 Å². The highest BCUT2D eigenvalue weighted by Crippen LogP contribution is 2.30. The van der Waals surface area contributed by atoms with E-state index in [1.807, 2.05) is 0 Å². The Morgan fingerprint density at radius 2 is 2.00 bits per heavy atom. The van der Waals surface area contributed by atoms with Gasteiger partial charge in [0.1, 0.15) is 6.04 Å². The standard InChI is InChI=1S/C12H12BrNO4.ClH/c13-9-2-1-6(5-8(9)11(15)16)7-3-4-14-10(7)12(17)18;/h1-2,5,7,10,14H,3-4H2,(H,15,16)(H,17,18);1H/t7-,10+;/m1./s1. The Bertz CT molecular complexity index is 509. The van der Waals surface area contributed by atoms with Crippen molar-refractivity contribution in [2.45, 2.75) is 18.4 Å². The lowest BCUT2D eigenvalue weighted by Crippen LogP contribution is -2.34. The van der Waals surface area contributed by atoms with Gasteiger partial charge in [-0.25, -0.2) is 4.79 Å². The van der Waals surface area contributed by atoms with Crippen molar-refractivity contribution in [3.63, 3.8) is 0 Å². The second-order valence-corrected chi connectivity index (χ2v) is 5.06. The lowest BCUT2D eigenvalue weighted by Gasteiger charge is -2.16. The summed E-state index contributed by atoms with van der Waals surface area (Å²) in [7, 11) is 0. The van der Waals surface area contributed by atoms with Gasteiger partial charge in [0.2, 0.25) is 0 Å². The van der Waals surface area contributed by atoms with Crippen molar-refractivity contribution in [3.05, 3.63) is 33.8 Å². The quantitative estimate of drug-likeness (QED) is 0.777. The number of rotatable bonds is 3. The molecule has 0 radical (unpaired) electrons. The molecule has 1 fully saturated rings. The highest BCUT2D eigenvalue weighted by atomic mass is 79.9. The van der Waals surface area contributed by atoms with E-state index in [4.69, 9.17) is 10.2 Å². The summed E-state index contributed by atoms with van der Waals surface area (Å²) in [5.74, 6) is -2.12. The predicted molar refractivity (Wildman–Crippen MR) is 75.1 cm³/mol. The van der Waals surface area contributed by atoms with Crippen LogP contribution >= 0.6 is 28.3 Å². The van der Waals surface area contributed by atoms with Crippen LogP contribution < -0.4 is 5.32 Å². The Hall–Kier alpha value is -1.11. The van der Waals surface area contributed by atoms with Crippen molar-refractivity contribution in [1.82, 2.24) is 5.32 Å². The zero-order valence-electron chi connectivity index (χ0n) is 9.80. The van der Waals surface area contributed by atoms with Gasteiger partial charge in [-0.1, -0.05) is 6.07 Å². The van der Waals surface area contributed by atoms with Crippen LogP contribution in [0.1, 0.15) is 28.3 Å². The van der Waals surface area contributed by atoms with Crippen LogP contribution in [0.25, 0.3) is 0 Å². The van der Waals surface area contributed by atoms with Gasteiger partial charge in [-0.2, -0.15) is 0 Å². The van der Waals surface area contributed by atoms with Crippen LogP contribution in [-0.4, -0.2) is 34.7 Å². The van der Waals surface area contributed by atoms with Gasteiger partial charge >= 0.3 is 11.9 Å². The van der Waals surface area contributed by atoms with Gasteiger partial charge in [0.25, 0.3) is 0 Å². The normalized spacial score (nSPS) is 21.7. The van der Waals surface area contributed by atoms with Gasteiger partial charge in [0.15, 0.2) is 0 Å². The molecule has 1 aliphatic heterocycles. The van der Waals surface area contributed by atoms with Crippen LogP contribution in [0, 0.1) is 0 Å². The summed E-state index contributed by atoms with van der Waals surface area (Å²) in [5, 5.41) is 21.0. The van der Waals surface area contributed by atoms with E-state index >= 15 is 0 Å². The minimum absolute atomic E-state index is 0. The number of carboxylic acid groups (broad SMARTS) is 2. The highest BCUT2D eigenvalue weighted by Gasteiger charge is 2.34. The molecule has 2 atom stereocenters. The van der Waals surface area contributed by atoms with E-state index in [0.717, 1.165) is 5.56 Å². The van der Waals surface area contributed by atoms with Crippen LogP contribution in [0.4, 0.5) is 0 Å². The van der Waals surface area contributed by atoms with Gasteiger partial charge in [0, 0.05) is 10.4 Å². The molecule has 19 heavy (non-hydrogen) atoms. The second kappa shape index (κ2) is 6.36. The third-order valence-corrected chi connectivity index (χ3v) is 3.83. The zero-order valence-corrected chi connectivity index (χ0v) is 12.2. The highest BCUT2D eigenvalue weighted by molar-refractivity contribution is 9.10. The van der Waals surface area contributed by atoms with Gasteiger partial charge < -0.3 is 15.5 Å². The Balaban J connectivity index is 0.00000180. The average molecular weight is 351 g/mol. The van der Waals surface area contributed by atoms with E-state index < -0.39 is 18.0 Å². The molecule has 1 heterocycles. The fourth-order valence-electron chi connectivity index (χ4n) is 2.26. The smallest absolute Gasteiger partial charge is 0.336 e. The molecule has 0 spiro atoms.